The number of imidazole rings is 2. The summed E-state index contributed by atoms with van der Waals surface area (Å²) in [7, 11) is 0. The fraction of sp³-hybridized carbons (Fsp3) is 0.0811. The normalized spacial score (nSPS) is 11.0. The number of aromatic nitrogens is 8. The topological polar surface area (TPSA) is 163 Å². The summed E-state index contributed by atoms with van der Waals surface area (Å²) in [6, 6.07) is 25.8. The van der Waals surface area contributed by atoms with Gasteiger partial charge in [0.1, 0.15) is 52.4 Å². The average molecular weight is 701 g/mol. The van der Waals surface area contributed by atoms with E-state index in [-0.39, 0.29) is 29.2 Å². The Morgan fingerprint density at radius 3 is 1.44 bits per heavy atom. The average Bonchev–Trinajstić information content (AvgIpc) is 3.58. The third-order valence-electron chi connectivity index (χ3n) is 7.85. The molecule has 0 amide bonds. The van der Waals surface area contributed by atoms with Gasteiger partial charge in [-0.3, -0.25) is 9.13 Å². The SMILES string of the molecule is Cc1cccc(Nc2nc(N)cc(-n3c(C)nc4ccc(F)cc43)n2)c1.Cc1nc2ccc(F)cc2n1-c1cc(N)nc(Nc2cccc(F)c2)n1. The number of aryl methyl sites for hydroxylation is 3. The van der Waals surface area contributed by atoms with E-state index in [0.29, 0.717) is 62.8 Å². The van der Waals surface area contributed by atoms with E-state index in [0.717, 1.165) is 11.3 Å². The van der Waals surface area contributed by atoms with Crippen molar-refractivity contribution in [2.45, 2.75) is 20.8 Å². The van der Waals surface area contributed by atoms with Crippen molar-refractivity contribution >= 4 is 57.0 Å². The number of nitrogens with two attached hydrogens (primary N) is 2. The number of nitrogens with one attached hydrogen (secondary N) is 2. The van der Waals surface area contributed by atoms with Crippen LogP contribution in [-0.2, 0) is 0 Å². The molecule has 4 aromatic carbocycles. The molecule has 4 heterocycles. The van der Waals surface area contributed by atoms with Crippen LogP contribution in [0.3, 0.4) is 0 Å². The predicted molar refractivity (Wildman–Crippen MR) is 196 cm³/mol. The first-order chi connectivity index (χ1) is 25.0. The first-order valence-electron chi connectivity index (χ1n) is 15.9. The minimum absolute atomic E-state index is 0.197. The third-order valence-corrected chi connectivity index (χ3v) is 7.85. The number of benzene rings is 4. The van der Waals surface area contributed by atoms with Crippen molar-refractivity contribution in [3.8, 4) is 11.6 Å². The van der Waals surface area contributed by atoms with Crippen LogP contribution in [0.4, 0.5) is 48.1 Å². The van der Waals surface area contributed by atoms with Crippen molar-refractivity contribution in [1.29, 1.82) is 0 Å². The van der Waals surface area contributed by atoms with E-state index in [9.17, 15) is 13.2 Å². The number of fused-ring (bicyclic) bond motifs is 2. The largest absolute Gasteiger partial charge is 0.383 e. The fourth-order valence-electron chi connectivity index (χ4n) is 5.71. The summed E-state index contributed by atoms with van der Waals surface area (Å²) in [5.74, 6) is 2.26. The Labute approximate surface area is 295 Å². The highest BCUT2D eigenvalue weighted by atomic mass is 19.1. The molecule has 8 rings (SSSR count). The molecule has 0 atom stereocenters. The molecule has 52 heavy (non-hydrogen) atoms. The van der Waals surface area contributed by atoms with E-state index in [1.54, 1.807) is 52.5 Å². The number of hydrogen-bond acceptors (Lipinski definition) is 10. The van der Waals surface area contributed by atoms with Crippen LogP contribution in [0.25, 0.3) is 33.7 Å². The number of halogens is 3. The zero-order valence-electron chi connectivity index (χ0n) is 28.1. The van der Waals surface area contributed by atoms with E-state index in [2.05, 4.69) is 40.5 Å². The molecule has 0 spiro atoms. The first-order valence-corrected chi connectivity index (χ1v) is 15.9. The second kappa shape index (κ2) is 13.7. The van der Waals surface area contributed by atoms with Crippen molar-refractivity contribution in [3.05, 3.63) is 132 Å². The van der Waals surface area contributed by atoms with Crippen molar-refractivity contribution in [2.75, 3.05) is 22.1 Å². The van der Waals surface area contributed by atoms with E-state index in [1.807, 2.05) is 38.1 Å². The van der Waals surface area contributed by atoms with Gasteiger partial charge in [-0.25, -0.2) is 23.1 Å². The molecule has 0 aliphatic rings. The van der Waals surface area contributed by atoms with Crippen LogP contribution in [0.1, 0.15) is 17.2 Å². The van der Waals surface area contributed by atoms with Gasteiger partial charge in [0, 0.05) is 35.6 Å². The minimum Gasteiger partial charge on any atom is -0.383 e. The first kappa shape index (κ1) is 33.5. The van der Waals surface area contributed by atoms with Gasteiger partial charge in [-0.15, -0.1) is 0 Å². The molecule has 0 unspecified atom stereocenters. The van der Waals surface area contributed by atoms with E-state index >= 15 is 0 Å². The van der Waals surface area contributed by atoms with Crippen LogP contribution >= 0.6 is 0 Å². The van der Waals surface area contributed by atoms with Gasteiger partial charge in [-0.2, -0.15) is 19.9 Å². The summed E-state index contributed by atoms with van der Waals surface area (Å²) in [4.78, 5) is 26.2. The molecule has 0 bridgehead atoms. The van der Waals surface area contributed by atoms with Gasteiger partial charge >= 0.3 is 0 Å². The molecule has 12 nitrogen and oxygen atoms in total. The molecular weight excluding hydrogens is 669 g/mol. The second-order valence-electron chi connectivity index (χ2n) is 11.8. The Morgan fingerprint density at radius 2 is 0.962 bits per heavy atom. The van der Waals surface area contributed by atoms with Gasteiger partial charge in [0.15, 0.2) is 0 Å². The molecule has 8 aromatic rings. The van der Waals surface area contributed by atoms with Crippen LogP contribution in [0, 0.1) is 38.2 Å². The Morgan fingerprint density at radius 1 is 0.500 bits per heavy atom. The Hall–Kier alpha value is -7.03. The highest BCUT2D eigenvalue weighted by molar-refractivity contribution is 5.79. The zero-order valence-corrected chi connectivity index (χ0v) is 28.1. The lowest BCUT2D eigenvalue weighted by Gasteiger charge is -2.11. The molecular formula is C37H31F3N12. The minimum atomic E-state index is -0.383. The van der Waals surface area contributed by atoms with Crippen molar-refractivity contribution in [3.63, 3.8) is 0 Å². The summed E-state index contributed by atoms with van der Waals surface area (Å²) in [5, 5.41) is 6.07. The maximum atomic E-state index is 13.7. The zero-order chi connectivity index (χ0) is 36.5. The van der Waals surface area contributed by atoms with Gasteiger partial charge in [0.2, 0.25) is 11.9 Å². The number of anilines is 6. The lowest BCUT2D eigenvalue weighted by atomic mass is 10.2. The summed E-state index contributed by atoms with van der Waals surface area (Å²) < 4.78 is 44.2. The van der Waals surface area contributed by atoms with Gasteiger partial charge in [0.05, 0.1) is 22.1 Å². The fourth-order valence-corrected chi connectivity index (χ4v) is 5.71. The monoisotopic (exact) mass is 700 g/mol. The summed E-state index contributed by atoms with van der Waals surface area (Å²) in [5.41, 5.74) is 16.9. The van der Waals surface area contributed by atoms with Crippen LogP contribution in [0.2, 0.25) is 0 Å². The van der Waals surface area contributed by atoms with E-state index < -0.39 is 0 Å². The molecule has 260 valence electrons. The van der Waals surface area contributed by atoms with Crippen molar-refractivity contribution in [2.24, 2.45) is 0 Å². The van der Waals surface area contributed by atoms with E-state index in [4.69, 9.17) is 11.5 Å². The van der Waals surface area contributed by atoms with Crippen molar-refractivity contribution in [1.82, 2.24) is 39.0 Å². The Balaban J connectivity index is 0.000000162. The van der Waals surface area contributed by atoms with Gasteiger partial charge in [-0.05, 0) is 80.9 Å². The Kier molecular flexibility index (Phi) is 8.82. The van der Waals surface area contributed by atoms with Crippen LogP contribution in [0.5, 0.6) is 0 Å². The maximum absolute atomic E-state index is 13.7. The number of hydrogen-bond donors (Lipinski definition) is 4. The Bertz CT molecular complexity index is 2420. The van der Waals surface area contributed by atoms with Gasteiger partial charge < -0.3 is 22.1 Å². The molecule has 6 N–H and O–H groups in total. The molecule has 4 aromatic heterocycles. The molecule has 0 fully saturated rings. The van der Waals surface area contributed by atoms with Crippen LogP contribution < -0.4 is 22.1 Å². The van der Waals surface area contributed by atoms with Gasteiger partial charge in [-0.1, -0.05) is 18.2 Å². The number of nitrogen functional groups attached to an aromatic ring is 2. The summed E-state index contributed by atoms with van der Waals surface area (Å²) in [6.07, 6.45) is 0. The second-order valence-corrected chi connectivity index (χ2v) is 11.8. The molecule has 15 heteroatoms. The smallest absolute Gasteiger partial charge is 0.231 e. The highest BCUT2D eigenvalue weighted by Crippen LogP contribution is 2.26. The van der Waals surface area contributed by atoms with Crippen LogP contribution in [0.15, 0.2) is 97.1 Å². The third kappa shape index (κ3) is 7.14. The maximum Gasteiger partial charge on any atom is 0.231 e. The molecule has 0 saturated carbocycles. The quantitative estimate of drug-likeness (QED) is 0.136. The predicted octanol–water partition coefficient (Wildman–Crippen LogP) is 7.63. The lowest BCUT2D eigenvalue weighted by molar-refractivity contribution is 0.628. The summed E-state index contributed by atoms with van der Waals surface area (Å²) in [6.45, 7) is 5.63. The number of nitrogens with zero attached hydrogens (tertiary/aromatic N) is 8. The molecule has 0 aliphatic heterocycles. The lowest BCUT2D eigenvalue weighted by Crippen LogP contribution is -2.07. The van der Waals surface area contributed by atoms with Crippen LogP contribution in [-0.4, -0.2) is 39.0 Å². The summed E-state index contributed by atoms with van der Waals surface area (Å²) >= 11 is 0. The standard InChI is InChI=1S/C19H17FN6.C18H14F2N6/c1-11-4-3-5-14(8-11)23-19-24-17(21)10-18(25-19)26-12(2)22-15-7-6-13(20)9-16(15)26;1-10-22-14-6-5-12(20)8-15(14)26(10)17-9-16(21)24-18(25-17)23-13-4-2-3-11(19)7-13/h3-10H,1-2H3,(H3,21,23,24,25);2-9H,1H3,(H3,21,23,24,25). The molecule has 0 aliphatic carbocycles. The highest BCUT2D eigenvalue weighted by Gasteiger charge is 2.15. The number of rotatable bonds is 6. The van der Waals surface area contributed by atoms with E-state index in [1.165, 1.54) is 36.4 Å². The molecule has 0 saturated heterocycles. The van der Waals surface area contributed by atoms with Gasteiger partial charge in [0.25, 0.3) is 0 Å². The van der Waals surface area contributed by atoms with Crippen molar-refractivity contribution < 1.29 is 13.2 Å². The molecule has 0 radical (unpaired) electrons.